The van der Waals surface area contributed by atoms with Crippen LogP contribution in [-0.2, 0) is 16.1 Å². The molecule has 2 aromatic rings. The summed E-state index contributed by atoms with van der Waals surface area (Å²) in [4.78, 5) is 39.3. The summed E-state index contributed by atoms with van der Waals surface area (Å²) in [5, 5.41) is 5.80. The van der Waals surface area contributed by atoms with Crippen molar-refractivity contribution in [3.63, 3.8) is 0 Å². The number of anilines is 1. The smallest absolute Gasteiger partial charge is 0.278 e. The predicted octanol–water partition coefficient (Wildman–Crippen LogP) is 4.19. The van der Waals surface area contributed by atoms with E-state index in [0.29, 0.717) is 23.5 Å². The number of hydrogen-bond donors (Lipinski definition) is 2. The molecule has 0 aromatic heterocycles. The fraction of sp³-hybridized carbons (Fsp3) is 0.320. The maximum absolute atomic E-state index is 12.8. The lowest BCUT2D eigenvalue weighted by atomic mass is 9.94. The molecule has 0 bridgehead atoms. The van der Waals surface area contributed by atoms with E-state index in [1.807, 2.05) is 0 Å². The molecule has 0 radical (unpaired) electrons. The van der Waals surface area contributed by atoms with Crippen LogP contribution in [-0.4, -0.2) is 35.8 Å². The Bertz CT molecular complexity index is 1090. The van der Waals surface area contributed by atoms with Crippen LogP contribution in [0.2, 0.25) is 0 Å². The second kappa shape index (κ2) is 10.1. The number of ether oxygens (including phenoxy) is 1. The van der Waals surface area contributed by atoms with E-state index in [1.54, 1.807) is 55.6 Å². The molecule has 1 aliphatic heterocycles. The Morgan fingerprint density at radius 3 is 2.48 bits per heavy atom. The first-order valence-electron chi connectivity index (χ1n) is 11.0. The van der Waals surface area contributed by atoms with Gasteiger partial charge in [-0.3, -0.25) is 19.3 Å². The minimum absolute atomic E-state index is 0.0557. The third kappa shape index (κ3) is 5.03. The van der Waals surface area contributed by atoms with Gasteiger partial charge in [0.05, 0.1) is 7.11 Å². The maximum Gasteiger partial charge on any atom is 0.278 e. The number of nitrogens with zero attached hydrogens (tertiary/aromatic N) is 1. The summed E-state index contributed by atoms with van der Waals surface area (Å²) in [5.41, 5.74) is 2.13. The van der Waals surface area contributed by atoms with Crippen LogP contribution < -0.4 is 15.4 Å². The largest absolute Gasteiger partial charge is 0.497 e. The zero-order chi connectivity index (χ0) is 23.4. The number of nitrogens with one attached hydrogen (secondary N) is 2. The number of halogens is 1. The zero-order valence-corrected chi connectivity index (χ0v) is 19.2. The van der Waals surface area contributed by atoms with Crippen molar-refractivity contribution >= 4 is 35.0 Å². The van der Waals surface area contributed by atoms with Crippen molar-refractivity contribution < 1.29 is 19.1 Å². The van der Waals surface area contributed by atoms with Crippen molar-refractivity contribution in [1.82, 2.24) is 10.2 Å². The fourth-order valence-electron chi connectivity index (χ4n) is 4.21. The van der Waals surface area contributed by atoms with E-state index in [4.69, 9.17) is 16.3 Å². The van der Waals surface area contributed by atoms with E-state index in [1.165, 1.54) is 4.90 Å². The molecule has 172 valence electrons. The van der Waals surface area contributed by atoms with E-state index in [-0.39, 0.29) is 28.6 Å². The van der Waals surface area contributed by atoms with Gasteiger partial charge in [-0.25, -0.2) is 0 Å². The predicted molar refractivity (Wildman–Crippen MR) is 126 cm³/mol. The molecule has 2 aliphatic rings. The van der Waals surface area contributed by atoms with Crippen LogP contribution in [0.5, 0.6) is 5.75 Å². The third-order valence-corrected chi connectivity index (χ3v) is 6.36. The van der Waals surface area contributed by atoms with Gasteiger partial charge in [0.25, 0.3) is 17.7 Å². The van der Waals surface area contributed by atoms with Crippen LogP contribution >= 0.6 is 11.6 Å². The maximum atomic E-state index is 12.8. The van der Waals surface area contributed by atoms with Gasteiger partial charge in [-0.05, 0) is 42.7 Å². The van der Waals surface area contributed by atoms with Gasteiger partial charge in [0.1, 0.15) is 16.5 Å². The van der Waals surface area contributed by atoms with E-state index in [2.05, 4.69) is 10.6 Å². The molecule has 2 aromatic carbocycles. The molecule has 0 atom stereocenters. The highest BCUT2D eigenvalue weighted by Crippen LogP contribution is 2.30. The molecule has 7 nitrogen and oxygen atoms in total. The Morgan fingerprint density at radius 2 is 1.79 bits per heavy atom. The van der Waals surface area contributed by atoms with E-state index < -0.39 is 5.91 Å². The van der Waals surface area contributed by atoms with E-state index >= 15 is 0 Å². The molecular formula is C25H26ClN3O4. The molecule has 0 saturated heterocycles. The highest BCUT2D eigenvalue weighted by atomic mass is 35.5. The van der Waals surface area contributed by atoms with Gasteiger partial charge in [0.15, 0.2) is 0 Å². The first-order valence-corrected chi connectivity index (χ1v) is 11.4. The molecule has 1 fully saturated rings. The quantitative estimate of drug-likeness (QED) is 0.596. The normalized spacial score (nSPS) is 16.8. The third-order valence-electron chi connectivity index (χ3n) is 6.01. The Balaban J connectivity index is 1.36. The molecule has 3 amide bonds. The average molecular weight is 468 g/mol. The highest BCUT2D eigenvalue weighted by molar-refractivity contribution is 6.47. The molecule has 8 heteroatoms. The van der Waals surface area contributed by atoms with Gasteiger partial charge in [-0.1, -0.05) is 49.1 Å². The number of amides is 3. The van der Waals surface area contributed by atoms with Crippen molar-refractivity contribution in [1.29, 1.82) is 0 Å². The van der Waals surface area contributed by atoms with Gasteiger partial charge in [0.2, 0.25) is 0 Å². The Morgan fingerprint density at radius 1 is 1.06 bits per heavy atom. The number of rotatable bonds is 7. The van der Waals surface area contributed by atoms with Crippen molar-refractivity contribution in [3.8, 4) is 5.75 Å². The zero-order valence-electron chi connectivity index (χ0n) is 18.4. The van der Waals surface area contributed by atoms with Crippen LogP contribution in [0, 0.1) is 0 Å². The lowest BCUT2D eigenvalue weighted by Gasteiger charge is -2.29. The Labute approximate surface area is 197 Å². The van der Waals surface area contributed by atoms with Gasteiger partial charge < -0.3 is 15.4 Å². The fourth-order valence-corrected chi connectivity index (χ4v) is 4.45. The number of benzene rings is 2. The van der Waals surface area contributed by atoms with Crippen molar-refractivity contribution in [2.24, 2.45) is 0 Å². The first kappa shape index (κ1) is 22.9. The molecule has 0 spiro atoms. The van der Waals surface area contributed by atoms with Crippen molar-refractivity contribution in [2.45, 2.75) is 44.7 Å². The highest BCUT2D eigenvalue weighted by Gasteiger charge is 2.41. The Hall–Kier alpha value is -3.32. The second-order valence-electron chi connectivity index (χ2n) is 8.20. The first-order chi connectivity index (χ1) is 16.0. The van der Waals surface area contributed by atoms with Crippen LogP contribution in [0.25, 0.3) is 0 Å². The molecule has 1 heterocycles. The molecule has 4 rings (SSSR count). The van der Waals surface area contributed by atoms with Crippen LogP contribution in [0.1, 0.15) is 48.0 Å². The standard InChI is InChI=1S/C25H26ClN3O4/c1-33-20-9-5-6-18(14-20)28-23(30)17-12-10-16(11-13-17)15-27-22-21(26)24(31)29(25(22)32)19-7-3-2-4-8-19/h5-6,9-14,19,27H,2-4,7-8,15H2,1H3,(H,28,30). The number of hydrogen-bond acceptors (Lipinski definition) is 5. The molecule has 1 saturated carbocycles. The van der Waals surface area contributed by atoms with Gasteiger partial charge in [-0.2, -0.15) is 0 Å². The molecule has 2 N–H and O–H groups in total. The number of carbonyl (C=O) groups is 3. The summed E-state index contributed by atoms with van der Waals surface area (Å²) in [7, 11) is 1.57. The minimum Gasteiger partial charge on any atom is -0.497 e. The lowest BCUT2D eigenvalue weighted by Crippen LogP contribution is -2.43. The summed E-state index contributed by atoms with van der Waals surface area (Å²) in [6.07, 6.45) is 4.81. The SMILES string of the molecule is COc1cccc(NC(=O)c2ccc(CNC3=C(Cl)C(=O)N(C4CCCCC4)C3=O)cc2)c1. The summed E-state index contributed by atoms with van der Waals surface area (Å²) < 4.78 is 5.17. The second-order valence-corrected chi connectivity index (χ2v) is 8.58. The summed E-state index contributed by atoms with van der Waals surface area (Å²) in [6.45, 7) is 0.306. The molecule has 1 aliphatic carbocycles. The monoisotopic (exact) mass is 467 g/mol. The topological polar surface area (TPSA) is 87.7 Å². The number of carbonyl (C=O) groups excluding carboxylic acids is 3. The Kier molecular flexibility index (Phi) is 6.99. The molecule has 0 unspecified atom stereocenters. The van der Waals surface area contributed by atoms with Crippen molar-refractivity contribution in [2.75, 3.05) is 12.4 Å². The van der Waals surface area contributed by atoms with Gasteiger partial charge in [0, 0.05) is 29.9 Å². The van der Waals surface area contributed by atoms with Crippen LogP contribution in [0.3, 0.4) is 0 Å². The van der Waals surface area contributed by atoms with Crippen LogP contribution in [0.4, 0.5) is 5.69 Å². The van der Waals surface area contributed by atoms with Gasteiger partial charge in [-0.15, -0.1) is 0 Å². The molecule has 33 heavy (non-hydrogen) atoms. The summed E-state index contributed by atoms with van der Waals surface area (Å²) >= 11 is 6.21. The van der Waals surface area contributed by atoms with E-state index in [9.17, 15) is 14.4 Å². The molecular weight excluding hydrogens is 442 g/mol. The number of imide groups is 1. The van der Waals surface area contributed by atoms with Crippen molar-refractivity contribution in [3.05, 3.63) is 70.4 Å². The van der Waals surface area contributed by atoms with Gasteiger partial charge >= 0.3 is 0 Å². The van der Waals surface area contributed by atoms with Crippen LogP contribution in [0.15, 0.2) is 59.3 Å². The summed E-state index contributed by atoms with van der Waals surface area (Å²) in [5.74, 6) is -0.357. The number of methoxy groups -OCH3 is 1. The van der Waals surface area contributed by atoms with E-state index in [0.717, 1.165) is 37.7 Å². The summed E-state index contributed by atoms with van der Waals surface area (Å²) in [6, 6.07) is 14.1. The lowest BCUT2D eigenvalue weighted by molar-refractivity contribution is -0.140. The minimum atomic E-state index is -0.416. The average Bonchev–Trinajstić information content (AvgIpc) is 3.06.